The van der Waals surface area contributed by atoms with Crippen molar-refractivity contribution >= 4 is 17.5 Å². The Kier molecular flexibility index (Phi) is 6.02. The van der Waals surface area contributed by atoms with E-state index in [0.29, 0.717) is 5.92 Å². The molecule has 0 bridgehead atoms. The van der Waals surface area contributed by atoms with Crippen molar-refractivity contribution in [1.82, 2.24) is 5.32 Å². The molecule has 138 valence electrons. The van der Waals surface area contributed by atoms with Crippen LogP contribution in [0, 0.1) is 0 Å². The fourth-order valence-corrected chi connectivity index (χ4v) is 2.30. The van der Waals surface area contributed by atoms with Crippen LogP contribution >= 0.6 is 0 Å². The van der Waals surface area contributed by atoms with Crippen LogP contribution in [0.5, 0.6) is 0 Å². The molecule has 2 rings (SSSR count). The lowest BCUT2D eigenvalue weighted by atomic mass is 10.0. The molecule has 0 atom stereocenters. The Balaban J connectivity index is 1.97. The largest absolute Gasteiger partial charge is 0.418 e. The zero-order valence-electron chi connectivity index (χ0n) is 14.4. The minimum absolute atomic E-state index is 0.103. The Hall–Kier alpha value is -2.83. The number of halogens is 3. The quantitative estimate of drug-likeness (QED) is 0.803. The standard InChI is InChI=1S/C19H19F3N2O2/c1-12(2)14-9-7-13(8-10-14)11-23-17(25)18(26)24-16-6-4-3-5-15(16)19(20,21)22/h3-10,12H,11H2,1-2H3,(H,23,25)(H,24,26). The summed E-state index contributed by atoms with van der Waals surface area (Å²) in [6.07, 6.45) is -4.63. The highest BCUT2D eigenvalue weighted by Crippen LogP contribution is 2.34. The summed E-state index contributed by atoms with van der Waals surface area (Å²) < 4.78 is 38.7. The Bertz CT molecular complexity index is 784. The Morgan fingerprint density at radius 3 is 2.15 bits per heavy atom. The van der Waals surface area contributed by atoms with Gasteiger partial charge in [0.05, 0.1) is 11.3 Å². The van der Waals surface area contributed by atoms with Gasteiger partial charge in [0.1, 0.15) is 0 Å². The van der Waals surface area contributed by atoms with Crippen molar-refractivity contribution < 1.29 is 22.8 Å². The first-order valence-electron chi connectivity index (χ1n) is 8.02. The van der Waals surface area contributed by atoms with Crippen LogP contribution in [-0.2, 0) is 22.3 Å². The SMILES string of the molecule is CC(C)c1ccc(CNC(=O)C(=O)Nc2ccccc2C(F)(F)F)cc1. The molecule has 26 heavy (non-hydrogen) atoms. The van der Waals surface area contributed by atoms with E-state index in [-0.39, 0.29) is 6.54 Å². The van der Waals surface area contributed by atoms with Gasteiger partial charge in [0.2, 0.25) is 0 Å². The molecule has 0 fully saturated rings. The highest BCUT2D eigenvalue weighted by atomic mass is 19.4. The van der Waals surface area contributed by atoms with E-state index < -0.39 is 29.2 Å². The number of nitrogens with one attached hydrogen (secondary N) is 2. The van der Waals surface area contributed by atoms with Gasteiger partial charge in [0.25, 0.3) is 0 Å². The van der Waals surface area contributed by atoms with Crippen LogP contribution in [0.1, 0.15) is 36.5 Å². The van der Waals surface area contributed by atoms with Gasteiger partial charge in [-0.1, -0.05) is 50.2 Å². The third-order valence-electron chi connectivity index (χ3n) is 3.79. The fourth-order valence-electron chi connectivity index (χ4n) is 2.30. The number of para-hydroxylation sites is 1. The molecule has 0 spiro atoms. The Morgan fingerprint density at radius 2 is 1.58 bits per heavy atom. The van der Waals surface area contributed by atoms with Gasteiger partial charge < -0.3 is 10.6 Å². The van der Waals surface area contributed by atoms with Crippen molar-refractivity contribution in [3.63, 3.8) is 0 Å². The van der Waals surface area contributed by atoms with Crippen LogP contribution in [0.2, 0.25) is 0 Å². The van der Waals surface area contributed by atoms with Crippen LogP contribution in [0.15, 0.2) is 48.5 Å². The van der Waals surface area contributed by atoms with E-state index in [4.69, 9.17) is 0 Å². The van der Waals surface area contributed by atoms with Crippen LogP contribution in [0.25, 0.3) is 0 Å². The number of carbonyl (C=O) groups is 2. The van der Waals surface area contributed by atoms with Gasteiger partial charge in [-0.3, -0.25) is 9.59 Å². The summed E-state index contributed by atoms with van der Waals surface area (Å²) in [5, 5.41) is 4.40. The smallest absolute Gasteiger partial charge is 0.344 e. The Morgan fingerprint density at radius 1 is 0.962 bits per heavy atom. The highest BCUT2D eigenvalue weighted by molar-refractivity contribution is 6.39. The molecule has 2 N–H and O–H groups in total. The molecule has 0 radical (unpaired) electrons. The second-order valence-electron chi connectivity index (χ2n) is 6.08. The first-order chi connectivity index (χ1) is 12.2. The van der Waals surface area contributed by atoms with Gasteiger partial charge in [-0.25, -0.2) is 0 Å². The van der Waals surface area contributed by atoms with E-state index in [0.717, 1.165) is 23.3 Å². The maximum absolute atomic E-state index is 12.9. The summed E-state index contributed by atoms with van der Waals surface area (Å²) in [7, 11) is 0. The minimum Gasteiger partial charge on any atom is -0.344 e. The molecule has 0 aliphatic heterocycles. The van der Waals surface area contributed by atoms with Crippen LogP contribution in [-0.4, -0.2) is 11.8 Å². The lowest BCUT2D eigenvalue weighted by Crippen LogP contribution is -2.35. The predicted molar refractivity (Wildman–Crippen MR) is 92.5 cm³/mol. The average Bonchev–Trinajstić information content (AvgIpc) is 2.59. The molecule has 2 aromatic carbocycles. The molecule has 4 nitrogen and oxygen atoms in total. The summed E-state index contributed by atoms with van der Waals surface area (Å²) in [5.41, 5.74) is 0.458. The second kappa shape index (κ2) is 8.03. The summed E-state index contributed by atoms with van der Waals surface area (Å²) >= 11 is 0. The number of alkyl halides is 3. The predicted octanol–water partition coefficient (Wildman–Crippen LogP) is 4.08. The van der Waals surface area contributed by atoms with Gasteiger partial charge in [0.15, 0.2) is 0 Å². The zero-order valence-corrected chi connectivity index (χ0v) is 14.4. The van der Waals surface area contributed by atoms with Crippen molar-refractivity contribution in [1.29, 1.82) is 0 Å². The van der Waals surface area contributed by atoms with Crippen LogP contribution in [0.3, 0.4) is 0 Å². The maximum atomic E-state index is 12.9. The number of hydrogen-bond donors (Lipinski definition) is 2. The number of hydrogen-bond acceptors (Lipinski definition) is 2. The highest BCUT2D eigenvalue weighted by Gasteiger charge is 2.34. The van der Waals surface area contributed by atoms with Gasteiger partial charge in [-0.05, 0) is 29.2 Å². The van der Waals surface area contributed by atoms with Gasteiger partial charge in [-0.2, -0.15) is 13.2 Å². The second-order valence-corrected chi connectivity index (χ2v) is 6.08. The first-order valence-corrected chi connectivity index (χ1v) is 8.02. The molecule has 0 saturated carbocycles. The van der Waals surface area contributed by atoms with Crippen molar-refractivity contribution in [3.8, 4) is 0 Å². The van der Waals surface area contributed by atoms with Crippen molar-refractivity contribution in [3.05, 3.63) is 65.2 Å². The Labute approximate surface area is 149 Å². The fraction of sp³-hybridized carbons (Fsp3) is 0.263. The molecule has 7 heteroatoms. The van der Waals surface area contributed by atoms with Crippen LogP contribution in [0.4, 0.5) is 18.9 Å². The summed E-state index contributed by atoms with van der Waals surface area (Å²) in [6, 6.07) is 12.0. The summed E-state index contributed by atoms with van der Waals surface area (Å²) in [6.45, 7) is 4.21. The molecule has 0 heterocycles. The lowest BCUT2D eigenvalue weighted by Gasteiger charge is -2.13. The molecule has 0 aliphatic carbocycles. The third kappa shape index (κ3) is 5.08. The van der Waals surface area contributed by atoms with Gasteiger partial charge in [0, 0.05) is 6.54 Å². The number of carbonyl (C=O) groups excluding carboxylic acids is 2. The topological polar surface area (TPSA) is 58.2 Å². The number of amides is 2. The van der Waals surface area contributed by atoms with Crippen LogP contribution < -0.4 is 10.6 Å². The monoisotopic (exact) mass is 364 g/mol. The molecule has 0 aliphatic rings. The normalized spacial score (nSPS) is 11.3. The lowest BCUT2D eigenvalue weighted by molar-refractivity contribution is -0.138. The van der Waals surface area contributed by atoms with E-state index in [1.807, 2.05) is 29.6 Å². The van der Waals surface area contributed by atoms with E-state index in [1.54, 1.807) is 0 Å². The molecular weight excluding hydrogens is 345 g/mol. The maximum Gasteiger partial charge on any atom is 0.418 e. The van der Waals surface area contributed by atoms with Crippen molar-refractivity contribution in [2.24, 2.45) is 0 Å². The zero-order chi connectivity index (χ0) is 19.3. The first kappa shape index (κ1) is 19.5. The van der Waals surface area contributed by atoms with Crippen molar-refractivity contribution in [2.75, 3.05) is 5.32 Å². The van der Waals surface area contributed by atoms with E-state index >= 15 is 0 Å². The average molecular weight is 364 g/mol. The number of benzene rings is 2. The van der Waals surface area contributed by atoms with E-state index in [2.05, 4.69) is 19.2 Å². The van der Waals surface area contributed by atoms with Crippen molar-refractivity contribution in [2.45, 2.75) is 32.5 Å². The molecule has 0 unspecified atom stereocenters. The molecule has 0 aromatic heterocycles. The molecule has 0 saturated heterocycles. The third-order valence-corrected chi connectivity index (χ3v) is 3.79. The van der Waals surface area contributed by atoms with E-state index in [1.165, 1.54) is 12.1 Å². The number of anilines is 1. The molecular formula is C19H19F3N2O2. The minimum atomic E-state index is -4.63. The van der Waals surface area contributed by atoms with E-state index in [9.17, 15) is 22.8 Å². The summed E-state index contributed by atoms with van der Waals surface area (Å²) in [4.78, 5) is 23.7. The molecule has 2 amide bonds. The molecule has 2 aromatic rings. The number of rotatable bonds is 4. The van der Waals surface area contributed by atoms with Gasteiger partial charge in [-0.15, -0.1) is 0 Å². The summed E-state index contributed by atoms with van der Waals surface area (Å²) in [5.74, 6) is -1.78. The van der Waals surface area contributed by atoms with Gasteiger partial charge >= 0.3 is 18.0 Å².